The van der Waals surface area contributed by atoms with Crippen molar-refractivity contribution < 1.29 is 14.3 Å². The number of carbonyl (C=O) groups excluding carboxylic acids is 1. The summed E-state index contributed by atoms with van der Waals surface area (Å²) in [6.07, 6.45) is 16.7. The molecule has 0 saturated heterocycles. The van der Waals surface area contributed by atoms with E-state index in [2.05, 4.69) is 25.4 Å². The van der Waals surface area contributed by atoms with Gasteiger partial charge >= 0.3 is 6.09 Å². The second-order valence-electron chi connectivity index (χ2n) is 10.4. The van der Waals surface area contributed by atoms with E-state index in [-0.39, 0.29) is 5.82 Å². The molecule has 3 aromatic heterocycles. The lowest BCUT2D eigenvalue weighted by Gasteiger charge is -2.36. The van der Waals surface area contributed by atoms with E-state index in [0.717, 1.165) is 63.6 Å². The summed E-state index contributed by atoms with van der Waals surface area (Å²) in [5, 5.41) is 8.68. The Labute approximate surface area is 232 Å². The molecule has 0 aliphatic heterocycles. The van der Waals surface area contributed by atoms with E-state index in [1.54, 1.807) is 19.4 Å². The summed E-state index contributed by atoms with van der Waals surface area (Å²) in [7, 11) is 1.74. The molecule has 2 fully saturated rings. The Morgan fingerprint density at radius 2 is 1.95 bits per heavy atom. The van der Waals surface area contributed by atoms with E-state index in [1.165, 1.54) is 6.20 Å². The van der Waals surface area contributed by atoms with Crippen molar-refractivity contribution in [2.24, 2.45) is 17.6 Å². The number of terminal acetylenes is 1. The number of amides is 1. The van der Waals surface area contributed by atoms with Crippen LogP contribution in [0.25, 0.3) is 22.4 Å². The number of nitrogens with one attached hydrogen (secondary N) is 1. The molecule has 0 unspecified atom stereocenters. The van der Waals surface area contributed by atoms with Gasteiger partial charge in [0, 0.05) is 37.5 Å². The lowest BCUT2D eigenvalue weighted by molar-refractivity contribution is -0.0541. The number of carbonyl (C=O) groups is 1. The number of ether oxygens (including phenoxy) is 2. The quantitative estimate of drug-likeness (QED) is 0.244. The van der Waals surface area contributed by atoms with Crippen molar-refractivity contribution in [3.63, 3.8) is 0 Å². The van der Waals surface area contributed by atoms with Crippen molar-refractivity contribution in [3.05, 3.63) is 35.1 Å². The number of nitrogens with two attached hydrogens (primary N) is 1. The minimum atomic E-state index is -1.12. The van der Waals surface area contributed by atoms with Gasteiger partial charge in [0.15, 0.2) is 5.65 Å². The Kier molecular flexibility index (Phi) is 7.82. The molecule has 10 nitrogen and oxygen atoms in total. The first kappa shape index (κ1) is 27.0. The van der Waals surface area contributed by atoms with Crippen molar-refractivity contribution in [1.82, 2.24) is 24.5 Å². The van der Waals surface area contributed by atoms with E-state index in [0.29, 0.717) is 45.8 Å². The van der Waals surface area contributed by atoms with Gasteiger partial charge in [0.2, 0.25) is 5.82 Å². The predicted molar refractivity (Wildman–Crippen MR) is 147 cm³/mol. The first-order valence-electron chi connectivity index (χ1n) is 13.3. The highest BCUT2D eigenvalue weighted by atomic mass is 35.5. The summed E-state index contributed by atoms with van der Waals surface area (Å²) in [5.41, 5.74) is 6.78. The number of aromatic nitrogens is 5. The van der Waals surface area contributed by atoms with Crippen molar-refractivity contribution in [1.29, 1.82) is 5.41 Å². The maximum absolute atomic E-state index is 11.4. The molecule has 5 rings (SSSR count). The third-order valence-electron chi connectivity index (χ3n) is 7.97. The molecule has 39 heavy (non-hydrogen) atoms. The number of halogens is 1. The van der Waals surface area contributed by atoms with Crippen molar-refractivity contribution in [2.45, 2.75) is 69.9 Å². The molecule has 0 atom stereocenters. The number of rotatable bonds is 6. The molecule has 2 aliphatic rings. The van der Waals surface area contributed by atoms with Gasteiger partial charge in [0.1, 0.15) is 22.6 Å². The molecule has 204 valence electrons. The molecule has 0 bridgehead atoms. The van der Waals surface area contributed by atoms with Crippen LogP contribution in [-0.2, 0) is 21.6 Å². The number of nitrogens with zero attached hydrogens (tertiary/aromatic N) is 5. The molecular formula is C28H32ClN7O3. The third kappa shape index (κ3) is 5.47. The summed E-state index contributed by atoms with van der Waals surface area (Å²) >= 11 is 6.32. The molecule has 2 aliphatic carbocycles. The summed E-state index contributed by atoms with van der Waals surface area (Å²) in [6.45, 7) is 0.702. The van der Waals surface area contributed by atoms with Gasteiger partial charge in [-0.1, -0.05) is 30.9 Å². The van der Waals surface area contributed by atoms with Crippen LogP contribution in [0, 0.1) is 29.6 Å². The highest BCUT2D eigenvalue weighted by Gasteiger charge is 2.40. The topological polar surface area (TPSA) is 142 Å². The molecule has 11 heteroatoms. The predicted octanol–water partition coefficient (Wildman–Crippen LogP) is 5.21. The number of primary amides is 1. The van der Waals surface area contributed by atoms with E-state index in [1.807, 2.05) is 0 Å². The Morgan fingerprint density at radius 1 is 1.21 bits per heavy atom. The second-order valence-corrected chi connectivity index (χ2v) is 10.8. The normalized spacial score (nSPS) is 20.8. The molecule has 3 heterocycles. The Morgan fingerprint density at radius 3 is 2.59 bits per heavy atom. The van der Waals surface area contributed by atoms with Gasteiger partial charge in [-0.15, -0.1) is 12.3 Å². The van der Waals surface area contributed by atoms with Crippen LogP contribution in [0.2, 0.25) is 5.02 Å². The van der Waals surface area contributed by atoms with Crippen LogP contribution in [-0.4, -0.2) is 43.6 Å². The molecule has 0 aromatic carbocycles. The number of hydrogen-bond acceptors (Lipinski definition) is 8. The van der Waals surface area contributed by atoms with Gasteiger partial charge in [0.25, 0.3) is 5.90 Å². The van der Waals surface area contributed by atoms with Crippen LogP contribution in [0.3, 0.4) is 0 Å². The SMILES string of the molecule is C#CC1CCC(Cn2c(C3(OC)CCCCC3)nc3nc(C(=N)OC(N)=O)nc(-c4cncc(Cl)c4)c32)CC1. The summed E-state index contributed by atoms with van der Waals surface area (Å²) < 4.78 is 13.2. The van der Waals surface area contributed by atoms with Gasteiger partial charge in [-0.05, 0) is 50.5 Å². The lowest BCUT2D eigenvalue weighted by Crippen LogP contribution is -2.35. The first-order chi connectivity index (χ1) is 18.8. The fraction of sp³-hybridized carbons (Fsp3) is 0.500. The number of pyridine rings is 1. The Balaban J connectivity index is 1.73. The van der Waals surface area contributed by atoms with Crippen molar-refractivity contribution >= 4 is 34.8 Å². The number of hydrogen-bond donors (Lipinski definition) is 2. The van der Waals surface area contributed by atoms with E-state index in [9.17, 15) is 4.79 Å². The minimum Gasteiger partial charge on any atom is -0.388 e. The van der Waals surface area contributed by atoms with Crippen LogP contribution in [0.4, 0.5) is 4.79 Å². The molecule has 2 saturated carbocycles. The Hall–Kier alpha value is -3.55. The maximum atomic E-state index is 11.4. The Bertz CT molecular complexity index is 1430. The second kappa shape index (κ2) is 11.3. The highest BCUT2D eigenvalue weighted by Crippen LogP contribution is 2.43. The largest absolute Gasteiger partial charge is 0.411 e. The lowest BCUT2D eigenvalue weighted by atomic mass is 9.81. The smallest absolute Gasteiger partial charge is 0.388 e. The van der Waals surface area contributed by atoms with Crippen LogP contribution < -0.4 is 5.73 Å². The number of imidazole rings is 1. The third-order valence-corrected chi connectivity index (χ3v) is 8.18. The van der Waals surface area contributed by atoms with Crippen LogP contribution in [0.1, 0.15) is 69.4 Å². The molecule has 0 spiro atoms. The summed E-state index contributed by atoms with van der Waals surface area (Å²) in [6, 6.07) is 1.75. The van der Waals surface area contributed by atoms with Crippen LogP contribution in [0.15, 0.2) is 18.5 Å². The summed E-state index contributed by atoms with van der Waals surface area (Å²) in [5.74, 6) is 3.74. The standard InChI is InChI=1S/C28H32ClN7O3/c1-3-17-7-9-18(10-8-17)16-36-22-21(19-13-20(29)15-32-14-19)33-25(23(30)39-27(31)37)34-24(22)35-26(36)28(38-2)11-5-4-6-12-28/h1,13-15,17-18,30H,4-12,16H2,2H3,(H2,31,37). The van der Waals surface area contributed by atoms with Crippen LogP contribution >= 0.6 is 11.6 Å². The first-order valence-corrected chi connectivity index (χ1v) is 13.7. The molecule has 0 radical (unpaired) electrons. The summed E-state index contributed by atoms with van der Waals surface area (Å²) in [4.78, 5) is 29.9. The van der Waals surface area contributed by atoms with E-state index < -0.39 is 17.6 Å². The van der Waals surface area contributed by atoms with E-state index >= 15 is 0 Å². The zero-order valence-corrected chi connectivity index (χ0v) is 22.7. The molecular weight excluding hydrogens is 518 g/mol. The fourth-order valence-electron chi connectivity index (χ4n) is 5.96. The molecule has 3 aromatic rings. The maximum Gasteiger partial charge on any atom is 0.411 e. The van der Waals surface area contributed by atoms with Gasteiger partial charge < -0.3 is 19.8 Å². The van der Waals surface area contributed by atoms with Crippen molar-refractivity contribution in [2.75, 3.05) is 7.11 Å². The zero-order valence-electron chi connectivity index (χ0n) is 22.0. The molecule has 3 N–H and O–H groups in total. The fourth-order valence-corrected chi connectivity index (χ4v) is 6.14. The van der Waals surface area contributed by atoms with Crippen molar-refractivity contribution in [3.8, 4) is 23.6 Å². The van der Waals surface area contributed by atoms with Gasteiger partial charge in [-0.3, -0.25) is 10.4 Å². The van der Waals surface area contributed by atoms with Crippen LogP contribution in [0.5, 0.6) is 0 Å². The number of methoxy groups -OCH3 is 1. The van der Waals surface area contributed by atoms with Gasteiger partial charge in [0.05, 0.1) is 5.02 Å². The van der Waals surface area contributed by atoms with Gasteiger partial charge in [-0.2, -0.15) is 0 Å². The number of fused-ring (bicyclic) bond motifs is 1. The van der Waals surface area contributed by atoms with Gasteiger partial charge in [-0.25, -0.2) is 19.7 Å². The average molecular weight is 550 g/mol. The average Bonchev–Trinajstić information content (AvgIpc) is 3.31. The highest BCUT2D eigenvalue weighted by molar-refractivity contribution is 6.30. The minimum absolute atomic E-state index is 0.114. The van der Waals surface area contributed by atoms with E-state index in [4.69, 9.17) is 43.6 Å². The zero-order chi connectivity index (χ0) is 27.6. The molecule has 1 amide bonds. The monoisotopic (exact) mass is 549 g/mol.